The number of carbonyl (C=O) groups is 1. The second kappa shape index (κ2) is 5.98. The average Bonchev–Trinajstić information content (AvgIpc) is 2.71. The molecular weight excluding hydrogens is 212 g/mol. The number of hydrogen-bond acceptors (Lipinski definition) is 5. The summed E-state index contributed by atoms with van der Waals surface area (Å²) in [5.41, 5.74) is 0. The molecule has 1 aliphatic heterocycles. The van der Waals surface area contributed by atoms with Gasteiger partial charge in [-0.25, -0.2) is 0 Å². The highest BCUT2D eigenvalue weighted by molar-refractivity contribution is 5.69. The van der Waals surface area contributed by atoms with Crippen LogP contribution in [0.25, 0.3) is 0 Å². The van der Waals surface area contributed by atoms with Crippen molar-refractivity contribution >= 4 is 5.97 Å². The zero-order valence-electron chi connectivity index (χ0n) is 9.89. The van der Waals surface area contributed by atoms with E-state index in [1.807, 2.05) is 0 Å². The monoisotopic (exact) mass is 230 g/mol. The summed E-state index contributed by atoms with van der Waals surface area (Å²) in [4.78, 5) is 11.2. The van der Waals surface area contributed by atoms with E-state index in [4.69, 9.17) is 18.9 Å². The van der Waals surface area contributed by atoms with Gasteiger partial charge in [0.1, 0.15) is 0 Å². The van der Waals surface area contributed by atoms with E-state index >= 15 is 0 Å². The molecule has 1 aliphatic rings. The van der Waals surface area contributed by atoms with Crippen molar-refractivity contribution < 1.29 is 23.7 Å². The molecule has 0 saturated carbocycles. The molecule has 0 bridgehead atoms. The summed E-state index contributed by atoms with van der Waals surface area (Å²) in [6, 6.07) is 0. The van der Waals surface area contributed by atoms with E-state index in [0.29, 0.717) is 13.0 Å². The van der Waals surface area contributed by atoms with Gasteiger partial charge in [-0.3, -0.25) is 4.79 Å². The Morgan fingerprint density at radius 1 is 1.50 bits per heavy atom. The highest BCUT2D eigenvalue weighted by Crippen LogP contribution is 2.29. The lowest BCUT2D eigenvalue weighted by atomic mass is 10.1. The van der Waals surface area contributed by atoms with E-state index in [0.717, 1.165) is 0 Å². The van der Waals surface area contributed by atoms with E-state index in [1.54, 1.807) is 26.2 Å². The molecule has 0 saturated heterocycles. The number of carbonyl (C=O) groups excluding carboxylic acids is 1. The second-order valence-electron chi connectivity index (χ2n) is 3.40. The fourth-order valence-electron chi connectivity index (χ4n) is 1.50. The Kier molecular flexibility index (Phi) is 4.92. The minimum absolute atomic E-state index is 0.252. The molecular formula is C11H18O5. The first-order chi connectivity index (χ1) is 7.65. The molecule has 0 spiro atoms. The zero-order chi connectivity index (χ0) is 12.0. The summed E-state index contributed by atoms with van der Waals surface area (Å²) in [6.07, 6.45) is 3.78. The van der Waals surface area contributed by atoms with E-state index in [9.17, 15) is 4.79 Å². The van der Waals surface area contributed by atoms with Crippen molar-refractivity contribution in [2.75, 3.05) is 20.8 Å². The van der Waals surface area contributed by atoms with Gasteiger partial charge in [0.15, 0.2) is 12.1 Å². The van der Waals surface area contributed by atoms with Gasteiger partial charge in [-0.05, 0) is 19.1 Å². The summed E-state index contributed by atoms with van der Waals surface area (Å²) in [7, 11) is 3.08. The molecule has 0 N–H and O–H groups in total. The first kappa shape index (κ1) is 13.2. The first-order valence-electron chi connectivity index (χ1n) is 5.26. The van der Waals surface area contributed by atoms with Gasteiger partial charge in [-0.1, -0.05) is 0 Å². The van der Waals surface area contributed by atoms with Crippen molar-refractivity contribution in [1.29, 1.82) is 0 Å². The van der Waals surface area contributed by atoms with Gasteiger partial charge < -0.3 is 18.9 Å². The van der Waals surface area contributed by atoms with Crippen LogP contribution >= 0.6 is 0 Å². The molecule has 2 unspecified atom stereocenters. The van der Waals surface area contributed by atoms with Gasteiger partial charge in [-0.2, -0.15) is 0 Å². The van der Waals surface area contributed by atoms with Gasteiger partial charge in [0.25, 0.3) is 0 Å². The molecule has 0 fully saturated rings. The summed E-state index contributed by atoms with van der Waals surface area (Å²) in [5, 5.41) is 0. The Labute approximate surface area is 95.3 Å². The standard InChI is InChI=1S/C11H18O5/c1-4-15-9(12)5-7-11(14-3)8-6-10(13-2)16-11/h6,8,10H,4-5,7H2,1-3H3. The fraction of sp³-hybridized carbons (Fsp3) is 0.727. The Bertz CT molecular complexity index is 263. The number of ether oxygens (including phenoxy) is 4. The quantitative estimate of drug-likeness (QED) is 0.507. The second-order valence-corrected chi connectivity index (χ2v) is 3.40. The van der Waals surface area contributed by atoms with Crippen molar-refractivity contribution in [3.05, 3.63) is 12.2 Å². The van der Waals surface area contributed by atoms with Crippen molar-refractivity contribution in [2.45, 2.75) is 31.8 Å². The number of hydrogen-bond donors (Lipinski definition) is 0. The van der Waals surface area contributed by atoms with Crippen LogP contribution in [0, 0.1) is 0 Å². The van der Waals surface area contributed by atoms with E-state index < -0.39 is 12.1 Å². The molecule has 92 valence electrons. The molecule has 0 aromatic carbocycles. The largest absolute Gasteiger partial charge is 0.466 e. The topological polar surface area (TPSA) is 54.0 Å². The molecule has 5 nitrogen and oxygen atoms in total. The minimum Gasteiger partial charge on any atom is -0.466 e. The molecule has 2 atom stereocenters. The first-order valence-corrected chi connectivity index (χ1v) is 5.26. The van der Waals surface area contributed by atoms with Crippen LogP contribution in [0.3, 0.4) is 0 Å². The van der Waals surface area contributed by atoms with Crippen LogP contribution in [0.2, 0.25) is 0 Å². The molecule has 1 rings (SSSR count). The maximum absolute atomic E-state index is 11.2. The van der Waals surface area contributed by atoms with Crippen molar-refractivity contribution in [1.82, 2.24) is 0 Å². The van der Waals surface area contributed by atoms with Gasteiger partial charge in [0.2, 0.25) is 0 Å². The Morgan fingerprint density at radius 3 is 2.75 bits per heavy atom. The van der Waals surface area contributed by atoms with Crippen LogP contribution in [0.15, 0.2) is 12.2 Å². The van der Waals surface area contributed by atoms with E-state index in [1.165, 1.54) is 7.11 Å². The zero-order valence-corrected chi connectivity index (χ0v) is 9.89. The Balaban J connectivity index is 2.44. The van der Waals surface area contributed by atoms with E-state index in [2.05, 4.69) is 0 Å². The maximum Gasteiger partial charge on any atom is 0.305 e. The lowest BCUT2D eigenvalue weighted by molar-refractivity contribution is -0.245. The minimum atomic E-state index is -0.868. The predicted molar refractivity (Wildman–Crippen MR) is 56.6 cm³/mol. The summed E-state index contributed by atoms with van der Waals surface area (Å²) in [5.74, 6) is -1.12. The Morgan fingerprint density at radius 2 is 2.25 bits per heavy atom. The number of methoxy groups -OCH3 is 2. The maximum atomic E-state index is 11.2. The molecule has 16 heavy (non-hydrogen) atoms. The smallest absolute Gasteiger partial charge is 0.305 e. The molecule has 0 radical (unpaired) electrons. The summed E-state index contributed by atoms with van der Waals surface area (Å²) < 4.78 is 20.6. The van der Waals surface area contributed by atoms with Crippen LogP contribution in [-0.2, 0) is 23.7 Å². The van der Waals surface area contributed by atoms with E-state index in [-0.39, 0.29) is 12.4 Å². The Hall–Kier alpha value is -0.910. The molecule has 0 aliphatic carbocycles. The summed E-state index contributed by atoms with van der Waals surface area (Å²) in [6.45, 7) is 2.16. The summed E-state index contributed by atoms with van der Waals surface area (Å²) >= 11 is 0. The average molecular weight is 230 g/mol. The lowest BCUT2D eigenvalue weighted by Gasteiger charge is -2.26. The van der Waals surface area contributed by atoms with Crippen LogP contribution in [0.1, 0.15) is 19.8 Å². The normalized spacial score (nSPS) is 28.3. The van der Waals surface area contributed by atoms with Crippen molar-refractivity contribution in [3.63, 3.8) is 0 Å². The molecule has 0 aromatic rings. The molecule has 0 amide bonds. The third kappa shape index (κ3) is 3.30. The van der Waals surface area contributed by atoms with Gasteiger partial charge >= 0.3 is 5.97 Å². The van der Waals surface area contributed by atoms with Crippen molar-refractivity contribution in [3.8, 4) is 0 Å². The molecule has 0 aromatic heterocycles. The SMILES string of the molecule is CCOC(=O)CCC1(OC)C=CC(OC)O1. The van der Waals surface area contributed by atoms with Crippen LogP contribution < -0.4 is 0 Å². The number of esters is 1. The van der Waals surface area contributed by atoms with Crippen LogP contribution in [0.4, 0.5) is 0 Å². The lowest BCUT2D eigenvalue weighted by Crippen LogP contribution is -2.33. The van der Waals surface area contributed by atoms with Crippen LogP contribution in [-0.4, -0.2) is 38.9 Å². The third-order valence-electron chi connectivity index (χ3n) is 2.38. The highest BCUT2D eigenvalue weighted by Gasteiger charge is 2.36. The molecule has 1 heterocycles. The van der Waals surface area contributed by atoms with Gasteiger partial charge in [-0.15, -0.1) is 0 Å². The van der Waals surface area contributed by atoms with Crippen molar-refractivity contribution in [2.24, 2.45) is 0 Å². The predicted octanol–water partition coefficient (Wildman–Crippen LogP) is 1.23. The number of rotatable bonds is 6. The highest BCUT2D eigenvalue weighted by atomic mass is 16.8. The third-order valence-corrected chi connectivity index (χ3v) is 2.38. The fourth-order valence-corrected chi connectivity index (χ4v) is 1.50. The molecule has 5 heteroatoms. The van der Waals surface area contributed by atoms with Gasteiger partial charge in [0, 0.05) is 20.6 Å². The van der Waals surface area contributed by atoms with Gasteiger partial charge in [0.05, 0.1) is 13.0 Å². The van der Waals surface area contributed by atoms with Crippen LogP contribution in [0.5, 0.6) is 0 Å².